The monoisotopic (exact) mass is 112 g/mol. The second kappa shape index (κ2) is 1.27. The van der Waals surface area contributed by atoms with E-state index < -0.39 is 0 Å². The summed E-state index contributed by atoms with van der Waals surface area (Å²) in [6.07, 6.45) is 2.65. The fraction of sp³-hybridized carbons (Fsp3) is 1.00. The lowest BCUT2D eigenvalue weighted by molar-refractivity contribution is 0.116. The SMILES string of the molecule is C[C@H]1C[C@@H]2C[C@@H]2[C@@H]1O. The largest absolute Gasteiger partial charge is 0.393 e. The third-order valence-electron chi connectivity index (χ3n) is 2.67. The first kappa shape index (κ1) is 4.80. The van der Waals surface area contributed by atoms with Crippen molar-refractivity contribution in [3.63, 3.8) is 0 Å². The Kier molecular flexibility index (Phi) is 0.762. The summed E-state index contributed by atoms with van der Waals surface area (Å²) >= 11 is 0. The standard InChI is InChI=1S/C7H12O/c1-4-2-5-3-6(5)7(4)8/h4-8H,2-3H2,1H3/t4-,5+,6-,7+/m0/s1. The molecule has 0 spiro atoms. The zero-order valence-electron chi connectivity index (χ0n) is 5.17. The van der Waals surface area contributed by atoms with Crippen LogP contribution in [0.25, 0.3) is 0 Å². The van der Waals surface area contributed by atoms with Crippen molar-refractivity contribution >= 4 is 0 Å². The van der Waals surface area contributed by atoms with Gasteiger partial charge in [-0.15, -0.1) is 0 Å². The molecule has 2 rings (SSSR count). The lowest BCUT2D eigenvalue weighted by Crippen LogP contribution is -2.13. The molecule has 0 aliphatic heterocycles. The van der Waals surface area contributed by atoms with Crippen molar-refractivity contribution in [2.75, 3.05) is 0 Å². The summed E-state index contributed by atoms with van der Waals surface area (Å²) in [5.41, 5.74) is 0. The molecule has 46 valence electrons. The molecular formula is C7H12O. The summed E-state index contributed by atoms with van der Waals surface area (Å²) in [5.74, 6) is 2.23. The first-order valence-electron chi connectivity index (χ1n) is 3.47. The maximum Gasteiger partial charge on any atom is 0.0596 e. The maximum atomic E-state index is 9.31. The summed E-state index contributed by atoms with van der Waals surface area (Å²) in [6.45, 7) is 2.15. The summed E-state index contributed by atoms with van der Waals surface area (Å²) in [7, 11) is 0. The first-order valence-corrected chi connectivity index (χ1v) is 3.47. The lowest BCUT2D eigenvalue weighted by Gasteiger charge is -2.09. The lowest BCUT2D eigenvalue weighted by atomic mass is 10.0. The van der Waals surface area contributed by atoms with Crippen LogP contribution in [0, 0.1) is 17.8 Å². The molecule has 2 fully saturated rings. The van der Waals surface area contributed by atoms with Gasteiger partial charge in [0.15, 0.2) is 0 Å². The number of hydrogen-bond donors (Lipinski definition) is 1. The van der Waals surface area contributed by atoms with E-state index in [2.05, 4.69) is 6.92 Å². The summed E-state index contributed by atoms with van der Waals surface area (Å²) in [6, 6.07) is 0. The van der Waals surface area contributed by atoms with Crippen molar-refractivity contribution in [2.24, 2.45) is 17.8 Å². The summed E-state index contributed by atoms with van der Waals surface area (Å²) < 4.78 is 0. The molecule has 1 N–H and O–H groups in total. The second-order valence-corrected chi connectivity index (χ2v) is 3.36. The van der Waals surface area contributed by atoms with Gasteiger partial charge in [-0.25, -0.2) is 0 Å². The number of rotatable bonds is 0. The van der Waals surface area contributed by atoms with Gasteiger partial charge < -0.3 is 5.11 Å². The molecule has 0 saturated heterocycles. The molecule has 0 heterocycles. The van der Waals surface area contributed by atoms with Gasteiger partial charge in [0.2, 0.25) is 0 Å². The molecule has 0 amide bonds. The number of fused-ring (bicyclic) bond motifs is 1. The molecule has 0 bridgehead atoms. The Bertz CT molecular complexity index is 109. The van der Waals surface area contributed by atoms with Crippen molar-refractivity contribution in [1.29, 1.82) is 0 Å². The highest BCUT2D eigenvalue weighted by molar-refractivity contribution is 5.00. The molecule has 1 nitrogen and oxygen atoms in total. The highest BCUT2D eigenvalue weighted by Crippen LogP contribution is 2.54. The van der Waals surface area contributed by atoms with Gasteiger partial charge in [0, 0.05) is 0 Å². The molecule has 2 saturated carbocycles. The minimum Gasteiger partial charge on any atom is -0.393 e. The van der Waals surface area contributed by atoms with E-state index in [0.29, 0.717) is 11.8 Å². The molecule has 0 aromatic carbocycles. The molecule has 0 aromatic heterocycles. The molecule has 0 unspecified atom stereocenters. The number of aliphatic hydroxyl groups is 1. The fourth-order valence-corrected chi connectivity index (χ4v) is 2.00. The predicted octanol–water partition coefficient (Wildman–Crippen LogP) is 1.02. The minimum absolute atomic E-state index is 0.0556. The molecule has 2 aliphatic rings. The predicted molar refractivity (Wildman–Crippen MR) is 31.4 cm³/mol. The van der Waals surface area contributed by atoms with Crippen molar-refractivity contribution in [2.45, 2.75) is 25.9 Å². The number of aliphatic hydroxyl groups excluding tert-OH is 1. The van der Waals surface area contributed by atoms with E-state index in [0.717, 1.165) is 5.92 Å². The van der Waals surface area contributed by atoms with Gasteiger partial charge in [-0.05, 0) is 30.6 Å². The maximum absolute atomic E-state index is 9.31. The molecule has 0 radical (unpaired) electrons. The zero-order valence-corrected chi connectivity index (χ0v) is 5.17. The topological polar surface area (TPSA) is 20.2 Å². The van der Waals surface area contributed by atoms with Crippen LogP contribution in [0.1, 0.15) is 19.8 Å². The van der Waals surface area contributed by atoms with E-state index in [9.17, 15) is 5.11 Å². The van der Waals surface area contributed by atoms with Crippen LogP contribution in [0.2, 0.25) is 0 Å². The highest BCUT2D eigenvalue weighted by atomic mass is 16.3. The van der Waals surface area contributed by atoms with Crippen LogP contribution < -0.4 is 0 Å². The Morgan fingerprint density at radius 2 is 2.12 bits per heavy atom. The third-order valence-corrected chi connectivity index (χ3v) is 2.67. The smallest absolute Gasteiger partial charge is 0.0596 e. The van der Waals surface area contributed by atoms with Gasteiger partial charge in [0.25, 0.3) is 0 Å². The van der Waals surface area contributed by atoms with Crippen LogP contribution >= 0.6 is 0 Å². The highest BCUT2D eigenvalue weighted by Gasteiger charge is 2.50. The molecular weight excluding hydrogens is 100 g/mol. The Balaban J connectivity index is 2.08. The van der Waals surface area contributed by atoms with Crippen molar-refractivity contribution < 1.29 is 5.11 Å². The van der Waals surface area contributed by atoms with Crippen LogP contribution in [-0.4, -0.2) is 11.2 Å². The molecule has 2 aliphatic carbocycles. The molecule has 1 heteroatoms. The van der Waals surface area contributed by atoms with Crippen molar-refractivity contribution in [3.05, 3.63) is 0 Å². The van der Waals surface area contributed by atoms with Crippen LogP contribution in [0.5, 0.6) is 0 Å². The average molecular weight is 112 g/mol. The molecule has 0 aromatic rings. The van der Waals surface area contributed by atoms with Gasteiger partial charge in [-0.2, -0.15) is 0 Å². The summed E-state index contributed by atoms with van der Waals surface area (Å²) in [5, 5.41) is 9.31. The van der Waals surface area contributed by atoms with Gasteiger partial charge in [-0.1, -0.05) is 6.92 Å². The van der Waals surface area contributed by atoms with Gasteiger partial charge in [0.05, 0.1) is 6.10 Å². The van der Waals surface area contributed by atoms with E-state index in [-0.39, 0.29) is 6.10 Å². The van der Waals surface area contributed by atoms with Crippen molar-refractivity contribution in [1.82, 2.24) is 0 Å². The zero-order chi connectivity index (χ0) is 5.72. The Morgan fingerprint density at radius 1 is 1.38 bits per heavy atom. The van der Waals surface area contributed by atoms with Crippen LogP contribution in [0.15, 0.2) is 0 Å². The summed E-state index contributed by atoms with van der Waals surface area (Å²) in [4.78, 5) is 0. The van der Waals surface area contributed by atoms with Crippen LogP contribution in [-0.2, 0) is 0 Å². The quantitative estimate of drug-likeness (QED) is 0.496. The van der Waals surface area contributed by atoms with Gasteiger partial charge >= 0.3 is 0 Å². The Morgan fingerprint density at radius 3 is 2.38 bits per heavy atom. The van der Waals surface area contributed by atoms with Crippen LogP contribution in [0.3, 0.4) is 0 Å². The van der Waals surface area contributed by atoms with Crippen molar-refractivity contribution in [3.8, 4) is 0 Å². The van der Waals surface area contributed by atoms with Gasteiger partial charge in [0.1, 0.15) is 0 Å². The Hall–Kier alpha value is -0.0400. The molecule has 8 heavy (non-hydrogen) atoms. The average Bonchev–Trinajstić information content (AvgIpc) is 2.39. The second-order valence-electron chi connectivity index (χ2n) is 3.36. The van der Waals surface area contributed by atoms with Gasteiger partial charge in [-0.3, -0.25) is 0 Å². The number of hydrogen-bond acceptors (Lipinski definition) is 1. The Labute approximate surface area is 49.7 Å². The van der Waals surface area contributed by atoms with E-state index in [1.54, 1.807) is 0 Å². The van der Waals surface area contributed by atoms with E-state index in [4.69, 9.17) is 0 Å². The van der Waals surface area contributed by atoms with Crippen LogP contribution in [0.4, 0.5) is 0 Å². The van der Waals surface area contributed by atoms with E-state index in [1.165, 1.54) is 12.8 Å². The molecule has 4 atom stereocenters. The van der Waals surface area contributed by atoms with E-state index in [1.807, 2.05) is 0 Å². The normalized spacial score (nSPS) is 60.8. The minimum atomic E-state index is 0.0556. The van der Waals surface area contributed by atoms with E-state index >= 15 is 0 Å². The third kappa shape index (κ3) is 0.455. The fourth-order valence-electron chi connectivity index (χ4n) is 2.00. The first-order chi connectivity index (χ1) is 3.79.